The molecule has 1 heterocycles. The van der Waals surface area contributed by atoms with Crippen molar-refractivity contribution in [2.75, 3.05) is 0 Å². The molecule has 0 saturated heterocycles. The van der Waals surface area contributed by atoms with Gasteiger partial charge < -0.3 is 9.84 Å². The van der Waals surface area contributed by atoms with Crippen LogP contribution in [0.5, 0.6) is 5.75 Å². The van der Waals surface area contributed by atoms with Crippen molar-refractivity contribution in [1.82, 2.24) is 0 Å². The summed E-state index contributed by atoms with van der Waals surface area (Å²) in [5.41, 5.74) is 0.935. The molecule has 0 bridgehead atoms. The van der Waals surface area contributed by atoms with Crippen molar-refractivity contribution in [3.63, 3.8) is 0 Å². The lowest BCUT2D eigenvalue weighted by Gasteiger charge is -2.36. The Kier molecular flexibility index (Phi) is 3.62. The maximum Gasteiger partial charge on any atom is 0.126 e. The SMILES string of the molecule is OC1CC(C2CCCCC2)Oc2cc(Br)ccc21. The van der Waals surface area contributed by atoms with Crippen LogP contribution in [0.2, 0.25) is 0 Å². The molecule has 2 atom stereocenters. The van der Waals surface area contributed by atoms with Crippen molar-refractivity contribution in [3.05, 3.63) is 28.2 Å². The molecule has 1 aliphatic heterocycles. The summed E-state index contributed by atoms with van der Waals surface area (Å²) in [4.78, 5) is 0. The van der Waals surface area contributed by atoms with Gasteiger partial charge in [-0.05, 0) is 30.9 Å². The van der Waals surface area contributed by atoms with E-state index >= 15 is 0 Å². The molecule has 1 saturated carbocycles. The van der Waals surface area contributed by atoms with Gasteiger partial charge in [-0.15, -0.1) is 0 Å². The number of hydrogen-bond donors (Lipinski definition) is 1. The Morgan fingerprint density at radius 3 is 2.72 bits per heavy atom. The highest BCUT2D eigenvalue weighted by molar-refractivity contribution is 9.10. The zero-order chi connectivity index (χ0) is 12.5. The van der Waals surface area contributed by atoms with Crippen molar-refractivity contribution in [2.45, 2.75) is 50.7 Å². The normalized spacial score (nSPS) is 28.6. The van der Waals surface area contributed by atoms with Gasteiger partial charge in [0.2, 0.25) is 0 Å². The highest BCUT2D eigenvalue weighted by Gasteiger charge is 2.33. The van der Waals surface area contributed by atoms with Crippen LogP contribution in [0.25, 0.3) is 0 Å². The van der Waals surface area contributed by atoms with E-state index in [2.05, 4.69) is 15.9 Å². The molecule has 0 radical (unpaired) electrons. The molecule has 1 N–H and O–H groups in total. The Bertz CT molecular complexity index is 427. The first-order chi connectivity index (χ1) is 8.74. The standard InChI is InChI=1S/C15H19BrO2/c16-11-6-7-12-13(17)9-14(18-15(12)8-11)10-4-2-1-3-5-10/h6-8,10,13-14,17H,1-5,9H2. The lowest BCUT2D eigenvalue weighted by atomic mass is 9.81. The van der Waals surface area contributed by atoms with Crippen LogP contribution in [-0.4, -0.2) is 11.2 Å². The van der Waals surface area contributed by atoms with Crippen molar-refractivity contribution >= 4 is 15.9 Å². The van der Waals surface area contributed by atoms with Gasteiger partial charge in [-0.25, -0.2) is 0 Å². The average Bonchev–Trinajstić information content (AvgIpc) is 2.39. The van der Waals surface area contributed by atoms with Gasteiger partial charge in [0, 0.05) is 16.5 Å². The zero-order valence-corrected chi connectivity index (χ0v) is 12.0. The number of benzene rings is 1. The van der Waals surface area contributed by atoms with E-state index in [0.717, 1.165) is 22.2 Å². The highest BCUT2D eigenvalue weighted by Crippen LogP contribution is 2.41. The molecule has 3 heteroatoms. The molecular weight excluding hydrogens is 292 g/mol. The van der Waals surface area contributed by atoms with Crippen molar-refractivity contribution in [3.8, 4) is 5.75 Å². The van der Waals surface area contributed by atoms with Gasteiger partial charge in [-0.1, -0.05) is 41.3 Å². The Morgan fingerprint density at radius 1 is 1.17 bits per heavy atom. The minimum absolute atomic E-state index is 0.196. The molecule has 1 aromatic carbocycles. The molecule has 1 aliphatic carbocycles. The Hall–Kier alpha value is -0.540. The Balaban J connectivity index is 1.81. The van der Waals surface area contributed by atoms with Crippen LogP contribution < -0.4 is 4.74 Å². The van der Waals surface area contributed by atoms with Crippen LogP contribution in [0.3, 0.4) is 0 Å². The van der Waals surface area contributed by atoms with E-state index in [1.54, 1.807) is 0 Å². The molecule has 2 aliphatic rings. The predicted octanol–water partition coefficient (Wildman–Crippen LogP) is 4.21. The maximum atomic E-state index is 10.3. The highest BCUT2D eigenvalue weighted by atomic mass is 79.9. The summed E-state index contributed by atoms with van der Waals surface area (Å²) in [5.74, 6) is 1.49. The van der Waals surface area contributed by atoms with Crippen molar-refractivity contribution in [1.29, 1.82) is 0 Å². The zero-order valence-electron chi connectivity index (χ0n) is 10.4. The molecule has 98 valence electrons. The molecule has 3 rings (SSSR count). The average molecular weight is 311 g/mol. The van der Waals surface area contributed by atoms with Crippen LogP contribution >= 0.6 is 15.9 Å². The van der Waals surface area contributed by atoms with Gasteiger partial charge >= 0.3 is 0 Å². The minimum atomic E-state index is -0.367. The first kappa shape index (κ1) is 12.5. The smallest absolute Gasteiger partial charge is 0.126 e. The summed E-state index contributed by atoms with van der Waals surface area (Å²) in [6, 6.07) is 5.90. The Morgan fingerprint density at radius 2 is 1.94 bits per heavy atom. The lowest BCUT2D eigenvalue weighted by molar-refractivity contribution is 0.0233. The van der Waals surface area contributed by atoms with Crippen molar-refractivity contribution < 1.29 is 9.84 Å². The molecule has 0 spiro atoms. The van der Waals surface area contributed by atoms with E-state index in [9.17, 15) is 5.11 Å². The van der Waals surface area contributed by atoms with Gasteiger partial charge in [0.05, 0.1) is 6.10 Å². The fraction of sp³-hybridized carbons (Fsp3) is 0.600. The molecule has 1 fully saturated rings. The van der Waals surface area contributed by atoms with Crippen LogP contribution in [0, 0.1) is 5.92 Å². The summed E-state index contributed by atoms with van der Waals surface area (Å²) in [6.45, 7) is 0. The van der Waals surface area contributed by atoms with Crippen LogP contribution in [0.1, 0.15) is 50.2 Å². The maximum absolute atomic E-state index is 10.3. The third kappa shape index (κ3) is 2.43. The summed E-state index contributed by atoms with van der Waals surface area (Å²) >= 11 is 3.46. The molecule has 0 amide bonds. The third-order valence-corrected chi connectivity index (χ3v) is 4.74. The summed E-state index contributed by atoms with van der Waals surface area (Å²) < 4.78 is 7.14. The lowest BCUT2D eigenvalue weighted by Crippen LogP contribution is -2.34. The molecule has 0 aromatic heterocycles. The topological polar surface area (TPSA) is 29.5 Å². The fourth-order valence-electron chi connectivity index (χ4n) is 3.24. The quantitative estimate of drug-likeness (QED) is 0.841. The number of ether oxygens (including phenoxy) is 1. The second-order valence-electron chi connectivity index (χ2n) is 5.49. The largest absolute Gasteiger partial charge is 0.490 e. The Labute approximate surface area is 116 Å². The van der Waals surface area contributed by atoms with E-state index in [1.165, 1.54) is 32.1 Å². The molecule has 1 aromatic rings. The fourth-order valence-corrected chi connectivity index (χ4v) is 3.58. The first-order valence-electron chi connectivity index (χ1n) is 6.88. The summed E-state index contributed by atoms with van der Waals surface area (Å²) in [7, 11) is 0. The van der Waals surface area contributed by atoms with E-state index < -0.39 is 0 Å². The first-order valence-corrected chi connectivity index (χ1v) is 7.67. The van der Waals surface area contributed by atoms with Crippen molar-refractivity contribution in [2.24, 2.45) is 5.92 Å². The van der Waals surface area contributed by atoms with Crippen LogP contribution in [-0.2, 0) is 0 Å². The van der Waals surface area contributed by atoms with Gasteiger partial charge in [-0.2, -0.15) is 0 Å². The third-order valence-electron chi connectivity index (χ3n) is 4.24. The number of hydrogen-bond acceptors (Lipinski definition) is 2. The van der Waals surface area contributed by atoms with Gasteiger partial charge in [0.25, 0.3) is 0 Å². The van der Waals surface area contributed by atoms with E-state index in [-0.39, 0.29) is 12.2 Å². The number of fused-ring (bicyclic) bond motifs is 1. The van der Waals surface area contributed by atoms with Gasteiger partial charge in [0.1, 0.15) is 11.9 Å². The van der Waals surface area contributed by atoms with E-state index in [0.29, 0.717) is 5.92 Å². The second-order valence-corrected chi connectivity index (χ2v) is 6.40. The summed E-state index contributed by atoms with van der Waals surface area (Å²) in [5, 5.41) is 10.3. The molecule has 2 nitrogen and oxygen atoms in total. The monoisotopic (exact) mass is 310 g/mol. The molecular formula is C15H19BrO2. The molecule has 18 heavy (non-hydrogen) atoms. The van der Waals surface area contributed by atoms with Gasteiger partial charge in [-0.3, -0.25) is 0 Å². The van der Waals surface area contributed by atoms with E-state index in [1.807, 2.05) is 18.2 Å². The predicted molar refractivity (Wildman–Crippen MR) is 74.7 cm³/mol. The number of rotatable bonds is 1. The van der Waals surface area contributed by atoms with Crippen LogP contribution in [0.4, 0.5) is 0 Å². The van der Waals surface area contributed by atoms with E-state index in [4.69, 9.17) is 4.74 Å². The number of halogens is 1. The van der Waals surface area contributed by atoms with Gasteiger partial charge in [0.15, 0.2) is 0 Å². The summed E-state index contributed by atoms with van der Waals surface area (Å²) in [6.07, 6.45) is 7.06. The van der Waals surface area contributed by atoms with Crippen LogP contribution in [0.15, 0.2) is 22.7 Å². The minimum Gasteiger partial charge on any atom is -0.490 e. The second kappa shape index (κ2) is 5.22. The number of aliphatic hydroxyl groups excluding tert-OH is 1. The number of aliphatic hydroxyl groups is 1. The molecule has 2 unspecified atom stereocenters.